The van der Waals surface area contributed by atoms with Crippen LogP contribution in [0.25, 0.3) is 0 Å². The average Bonchev–Trinajstić information content (AvgIpc) is 3.00. The minimum atomic E-state index is -1.60. The topological polar surface area (TPSA) is 70.6 Å². The Labute approximate surface area is 145 Å². The van der Waals surface area contributed by atoms with Gasteiger partial charge in [0, 0.05) is 17.3 Å². The predicted molar refractivity (Wildman–Crippen MR) is 94.5 cm³/mol. The number of nitrogens with one attached hydrogen (secondary N) is 1. The van der Waals surface area contributed by atoms with Crippen molar-refractivity contribution in [2.45, 2.75) is 31.8 Å². The summed E-state index contributed by atoms with van der Waals surface area (Å²) >= 11 is 0. The Kier molecular flexibility index (Phi) is 4.72. The van der Waals surface area contributed by atoms with Gasteiger partial charge in [-0.05, 0) is 55.5 Å². The largest absolute Gasteiger partial charge is 0.383 e. The molecule has 6 heteroatoms. The van der Waals surface area contributed by atoms with Gasteiger partial charge in [-0.3, -0.25) is 0 Å². The van der Waals surface area contributed by atoms with Crippen LogP contribution in [-0.2, 0) is 18.4 Å². The lowest BCUT2D eigenvalue weighted by Crippen LogP contribution is -2.30. The van der Waals surface area contributed by atoms with Gasteiger partial charge in [0.1, 0.15) is 17.2 Å². The molecule has 0 radical (unpaired) electrons. The maximum absolute atomic E-state index is 13.8. The standard InChI is InChI=1S/C19H21F2N3O/c1-19(25,16-8-6-14(20)10-17(16)21)11-23-18(22)24-15-7-5-12-3-2-4-13(12)9-15/h5-10,25H,2-4,11H2,1H3,(H3,22,23,24). The van der Waals surface area contributed by atoms with Crippen molar-refractivity contribution in [1.29, 1.82) is 0 Å². The van der Waals surface area contributed by atoms with Gasteiger partial charge < -0.3 is 16.2 Å². The van der Waals surface area contributed by atoms with E-state index in [1.807, 2.05) is 12.1 Å². The van der Waals surface area contributed by atoms with E-state index in [-0.39, 0.29) is 18.1 Å². The Morgan fingerprint density at radius 1 is 1.20 bits per heavy atom. The fourth-order valence-corrected chi connectivity index (χ4v) is 3.09. The van der Waals surface area contributed by atoms with E-state index in [1.54, 1.807) is 0 Å². The third-order valence-electron chi connectivity index (χ3n) is 4.44. The zero-order valence-electron chi connectivity index (χ0n) is 14.0. The number of guanidine groups is 1. The zero-order chi connectivity index (χ0) is 18.0. The first-order valence-electron chi connectivity index (χ1n) is 8.22. The molecule has 3 rings (SSSR count). The maximum atomic E-state index is 13.8. The fraction of sp³-hybridized carbons (Fsp3) is 0.316. The second-order valence-corrected chi connectivity index (χ2v) is 6.56. The van der Waals surface area contributed by atoms with Gasteiger partial charge in [-0.15, -0.1) is 0 Å². The predicted octanol–water partition coefficient (Wildman–Crippen LogP) is 3.09. The summed E-state index contributed by atoms with van der Waals surface area (Å²) < 4.78 is 26.9. The second kappa shape index (κ2) is 6.80. The normalized spacial score (nSPS) is 16.4. The van der Waals surface area contributed by atoms with Crippen molar-refractivity contribution in [3.8, 4) is 0 Å². The lowest BCUT2D eigenvalue weighted by Gasteiger charge is -2.22. The van der Waals surface area contributed by atoms with E-state index in [4.69, 9.17) is 5.73 Å². The number of aliphatic imine (C=N–C) groups is 1. The van der Waals surface area contributed by atoms with Crippen molar-refractivity contribution in [1.82, 2.24) is 0 Å². The van der Waals surface area contributed by atoms with E-state index >= 15 is 0 Å². The van der Waals surface area contributed by atoms with Gasteiger partial charge in [0.05, 0.1) is 6.54 Å². The SMILES string of the molecule is CC(O)(CN=C(N)Nc1ccc2c(c1)CCC2)c1ccc(F)cc1F. The number of aliphatic hydroxyl groups is 1. The number of anilines is 1. The molecule has 0 bridgehead atoms. The van der Waals surface area contributed by atoms with Crippen LogP contribution in [-0.4, -0.2) is 17.6 Å². The molecule has 0 saturated heterocycles. The van der Waals surface area contributed by atoms with Gasteiger partial charge in [-0.25, -0.2) is 13.8 Å². The van der Waals surface area contributed by atoms with E-state index in [0.717, 1.165) is 37.1 Å². The molecule has 0 spiro atoms. The first-order chi connectivity index (χ1) is 11.8. The van der Waals surface area contributed by atoms with E-state index < -0.39 is 17.2 Å². The molecule has 25 heavy (non-hydrogen) atoms. The Morgan fingerprint density at radius 3 is 2.72 bits per heavy atom. The smallest absolute Gasteiger partial charge is 0.193 e. The molecule has 2 aromatic carbocycles. The first kappa shape index (κ1) is 17.4. The first-order valence-corrected chi connectivity index (χ1v) is 8.22. The van der Waals surface area contributed by atoms with Crippen LogP contribution in [0.2, 0.25) is 0 Å². The molecule has 1 aliphatic rings. The fourth-order valence-electron chi connectivity index (χ4n) is 3.09. The Bertz CT molecular complexity index is 818. The van der Waals surface area contributed by atoms with Gasteiger partial charge in [0.25, 0.3) is 0 Å². The van der Waals surface area contributed by atoms with Crippen molar-refractivity contribution >= 4 is 11.6 Å². The number of hydrogen-bond donors (Lipinski definition) is 3. The summed E-state index contributed by atoms with van der Waals surface area (Å²) in [6.45, 7) is 1.26. The van der Waals surface area contributed by atoms with Gasteiger partial charge in [0.15, 0.2) is 5.96 Å². The van der Waals surface area contributed by atoms with Crippen LogP contribution in [0.4, 0.5) is 14.5 Å². The molecular weight excluding hydrogens is 324 g/mol. The quantitative estimate of drug-likeness (QED) is 0.589. The third-order valence-corrected chi connectivity index (χ3v) is 4.44. The molecule has 4 N–H and O–H groups in total. The van der Waals surface area contributed by atoms with Crippen LogP contribution in [0.3, 0.4) is 0 Å². The van der Waals surface area contributed by atoms with E-state index in [0.29, 0.717) is 0 Å². The molecule has 1 aliphatic carbocycles. The zero-order valence-corrected chi connectivity index (χ0v) is 14.0. The molecule has 0 aromatic heterocycles. The van der Waals surface area contributed by atoms with E-state index in [9.17, 15) is 13.9 Å². The minimum absolute atomic E-state index is 0.0250. The van der Waals surface area contributed by atoms with Crippen LogP contribution in [0, 0.1) is 11.6 Å². The number of benzene rings is 2. The summed E-state index contributed by atoms with van der Waals surface area (Å²) in [4.78, 5) is 4.10. The highest BCUT2D eigenvalue weighted by Crippen LogP contribution is 2.26. The number of nitrogens with two attached hydrogens (primary N) is 1. The van der Waals surface area contributed by atoms with Gasteiger partial charge in [-0.1, -0.05) is 12.1 Å². The molecule has 1 unspecified atom stereocenters. The van der Waals surface area contributed by atoms with Crippen LogP contribution < -0.4 is 11.1 Å². The molecule has 0 heterocycles. The van der Waals surface area contributed by atoms with E-state index in [1.165, 1.54) is 24.1 Å². The van der Waals surface area contributed by atoms with Crippen LogP contribution >= 0.6 is 0 Å². The monoisotopic (exact) mass is 345 g/mol. The summed E-state index contributed by atoms with van der Waals surface area (Å²) in [5, 5.41) is 13.4. The van der Waals surface area contributed by atoms with E-state index in [2.05, 4.69) is 16.4 Å². The second-order valence-electron chi connectivity index (χ2n) is 6.56. The maximum Gasteiger partial charge on any atom is 0.193 e. The van der Waals surface area contributed by atoms with Crippen molar-refractivity contribution < 1.29 is 13.9 Å². The molecule has 132 valence electrons. The third kappa shape index (κ3) is 3.96. The Morgan fingerprint density at radius 2 is 1.96 bits per heavy atom. The molecule has 0 aliphatic heterocycles. The van der Waals surface area contributed by atoms with Crippen molar-refractivity contribution in [2.75, 3.05) is 11.9 Å². The van der Waals surface area contributed by atoms with Crippen LogP contribution in [0.5, 0.6) is 0 Å². The van der Waals surface area contributed by atoms with Gasteiger partial charge in [0.2, 0.25) is 0 Å². The summed E-state index contributed by atoms with van der Waals surface area (Å²) in [7, 11) is 0. The van der Waals surface area contributed by atoms with Crippen LogP contribution in [0.1, 0.15) is 30.0 Å². The highest BCUT2D eigenvalue weighted by molar-refractivity contribution is 5.92. The Balaban J connectivity index is 1.69. The molecular formula is C19H21F2N3O. The lowest BCUT2D eigenvalue weighted by atomic mass is 9.95. The van der Waals surface area contributed by atoms with Crippen molar-refractivity contribution in [3.05, 3.63) is 64.7 Å². The molecule has 1 atom stereocenters. The van der Waals surface area contributed by atoms with Crippen molar-refractivity contribution in [3.63, 3.8) is 0 Å². The number of halogens is 2. The highest BCUT2D eigenvalue weighted by Gasteiger charge is 2.26. The molecule has 4 nitrogen and oxygen atoms in total. The summed E-state index contributed by atoms with van der Waals surface area (Å²) in [5.74, 6) is -1.38. The number of nitrogens with zero attached hydrogens (tertiary/aromatic N) is 1. The number of rotatable bonds is 4. The number of hydrogen-bond acceptors (Lipinski definition) is 2. The average molecular weight is 345 g/mol. The molecule has 0 fully saturated rings. The Hall–Kier alpha value is -2.47. The molecule has 0 amide bonds. The highest BCUT2D eigenvalue weighted by atomic mass is 19.1. The van der Waals surface area contributed by atoms with Gasteiger partial charge in [-0.2, -0.15) is 0 Å². The van der Waals surface area contributed by atoms with Crippen molar-refractivity contribution in [2.24, 2.45) is 10.7 Å². The summed E-state index contributed by atoms with van der Waals surface area (Å²) in [6.07, 6.45) is 3.32. The molecule has 2 aromatic rings. The lowest BCUT2D eigenvalue weighted by molar-refractivity contribution is 0.0634. The molecule has 0 saturated carbocycles. The number of fused-ring (bicyclic) bond motifs is 1. The summed E-state index contributed by atoms with van der Waals surface area (Å²) in [6, 6.07) is 9.10. The van der Waals surface area contributed by atoms with Crippen LogP contribution in [0.15, 0.2) is 41.4 Å². The number of aryl methyl sites for hydroxylation is 2. The summed E-state index contributed by atoms with van der Waals surface area (Å²) in [5.41, 5.74) is 7.74. The minimum Gasteiger partial charge on any atom is -0.383 e. The van der Waals surface area contributed by atoms with Gasteiger partial charge >= 0.3 is 0 Å².